The summed E-state index contributed by atoms with van der Waals surface area (Å²) in [5.74, 6) is 0. The van der Waals surface area contributed by atoms with Gasteiger partial charge in [-0.25, -0.2) is 0 Å². The second kappa shape index (κ2) is 3.79. The topological polar surface area (TPSA) is 12.9 Å². The molecule has 0 fully saturated rings. The molecule has 2 aromatic rings. The fourth-order valence-electron chi connectivity index (χ4n) is 1.42. The Morgan fingerprint density at radius 1 is 1.00 bits per heavy atom. The number of hydrogen-bond donors (Lipinski definition) is 0. The van der Waals surface area contributed by atoms with Gasteiger partial charge >= 0.3 is 6.18 Å². The molecule has 84 valence electrons. The molecule has 1 nitrogen and oxygen atoms in total. The monoisotopic (exact) mass is 265 g/mol. The lowest BCUT2D eigenvalue weighted by Gasteiger charge is -2.10. The molecule has 0 bridgehead atoms. The number of fused-ring (bicyclic) bond motifs is 1. The Morgan fingerprint density at radius 2 is 1.62 bits per heavy atom. The molecule has 0 radical (unpaired) electrons. The van der Waals surface area contributed by atoms with E-state index in [0.717, 1.165) is 6.07 Å². The van der Waals surface area contributed by atoms with Gasteiger partial charge in [0.1, 0.15) is 0 Å². The molecule has 16 heavy (non-hydrogen) atoms. The lowest BCUT2D eigenvalue weighted by atomic mass is 10.1. The van der Waals surface area contributed by atoms with Crippen molar-refractivity contribution in [3.05, 3.63) is 40.0 Å². The van der Waals surface area contributed by atoms with Gasteiger partial charge in [0.2, 0.25) is 0 Å². The van der Waals surface area contributed by atoms with Crippen molar-refractivity contribution in [3.8, 4) is 0 Å². The van der Waals surface area contributed by atoms with E-state index in [1.807, 2.05) is 0 Å². The third-order valence-electron chi connectivity index (χ3n) is 2.10. The van der Waals surface area contributed by atoms with Crippen LogP contribution in [0.4, 0.5) is 13.2 Å². The highest BCUT2D eigenvalue weighted by molar-refractivity contribution is 6.42. The fourth-order valence-corrected chi connectivity index (χ4v) is 1.97. The van der Waals surface area contributed by atoms with Gasteiger partial charge in [0.05, 0.1) is 21.1 Å². The van der Waals surface area contributed by atoms with E-state index in [1.165, 1.54) is 18.3 Å². The van der Waals surface area contributed by atoms with Crippen molar-refractivity contribution in [1.82, 2.24) is 4.98 Å². The maximum absolute atomic E-state index is 12.7. The highest BCUT2D eigenvalue weighted by Gasteiger charge is 2.33. The Hall–Kier alpha value is -1.00. The van der Waals surface area contributed by atoms with E-state index in [0.29, 0.717) is 0 Å². The molecule has 0 aliphatic carbocycles. The van der Waals surface area contributed by atoms with Crippen LogP contribution in [0.1, 0.15) is 5.56 Å². The van der Waals surface area contributed by atoms with Gasteiger partial charge in [0.25, 0.3) is 0 Å². The lowest BCUT2D eigenvalue weighted by molar-refractivity contribution is -0.136. The standard InChI is InChI=1S/C10H4Cl2F3N/c11-6-2-1-5(10(13,14)15)9-8(6)7(12)3-4-16-9/h1-4H. The van der Waals surface area contributed by atoms with Gasteiger partial charge in [-0.2, -0.15) is 13.2 Å². The molecule has 1 aromatic carbocycles. The summed E-state index contributed by atoms with van der Waals surface area (Å²) in [6.07, 6.45) is -3.25. The summed E-state index contributed by atoms with van der Waals surface area (Å²) in [5.41, 5.74) is -1.07. The van der Waals surface area contributed by atoms with Gasteiger partial charge < -0.3 is 0 Å². The van der Waals surface area contributed by atoms with Gasteiger partial charge in [-0.15, -0.1) is 0 Å². The lowest BCUT2D eigenvalue weighted by Crippen LogP contribution is -2.06. The predicted molar refractivity (Wildman–Crippen MR) is 56.8 cm³/mol. The summed E-state index contributed by atoms with van der Waals surface area (Å²) in [5, 5.41) is 0.433. The molecule has 0 atom stereocenters. The maximum atomic E-state index is 12.7. The molecule has 2 rings (SSSR count). The number of rotatable bonds is 0. The summed E-state index contributed by atoms with van der Waals surface area (Å²) in [7, 11) is 0. The van der Waals surface area contributed by atoms with Gasteiger partial charge in [-0.3, -0.25) is 4.98 Å². The van der Waals surface area contributed by atoms with E-state index in [4.69, 9.17) is 23.2 Å². The molecule has 1 heterocycles. The molecule has 0 aliphatic heterocycles. The van der Waals surface area contributed by atoms with Crippen molar-refractivity contribution < 1.29 is 13.2 Å². The summed E-state index contributed by atoms with van der Waals surface area (Å²) >= 11 is 11.6. The summed E-state index contributed by atoms with van der Waals surface area (Å²) in [6.45, 7) is 0. The fraction of sp³-hybridized carbons (Fsp3) is 0.100. The molecule has 0 aliphatic rings. The van der Waals surface area contributed by atoms with Gasteiger partial charge in [0, 0.05) is 11.6 Å². The van der Waals surface area contributed by atoms with Crippen LogP contribution in [0.25, 0.3) is 10.9 Å². The number of pyridine rings is 1. The van der Waals surface area contributed by atoms with Crippen molar-refractivity contribution in [3.63, 3.8) is 0 Å². The van der Waals surface area contributed by atoms with Crippen molar-refractivity contribution in [1.29, 1.82) is 0 Å². The molecule has 6 heteroatoms. The Balaban J connectivity index is 2.90. The minimum absolute atomic E-state index is 0.126. The quantitative estimate of drug-likeness (QED) is 0.681. The third-order valence-corrected chi connectivity index (χ3v) is 2.73. The molecule has 0 saturated heterocycles. The Kier molecular flexibility index (Phi) is 2.72. The van der Waals surface area contributed by atoms with Crippen LogP contribution < -0.4 is 0 Å². The van der Waals surface area contributed by atoms with E-state index in [1.54, 1.807) is 0 Å². The largest absolute Gasteiger partial charge is 0.418 e. The number of alkyl halides is 3. The summed E-state index contributed by atoms with van der Waals surface area (Å²) in [4.78, 5) is 3.68. The number of aromatic nitrogens is 1. The summed E-state index contributed by atoms with van der Waals surface area (Å²) in [6, 6.07) is 3.46. The van der Waals surface area contributed by atoms with Crippen LogP contribution in [0, 0.1) is 0 Å². The predicted octanol–water partition coefficient (Wildman–Crippen LogP) is 4.56. The van der Waals surface area contributed by atoms with E-state index in [-0.39, 0.29) is 20.9 Å². The smallest absolute Gasteiger partial charge is 0.255 e. The number of benzene rings is 1. The van der Waals surface area contributed by atoms with Crippen LogP contribution in [0.2, 0.25) is 10.0 Å². The van der Waals surface area contributed by atoms with Gasteiger partial charge in [-0.05, 0) is 18.2 Å². The first-order valence-corrected chi connectivity index (χ1v) is 4.97. The normalized spacial score (nSPS) is 12.1. The second-order valence-electron chi connectivity index (χ2n) is 3.11. The van der Waals surface area contributed by atoms with Crippen LogP contribution in [0.5, 0.6) is 0 Å². The average Bonchev–Trinajstić information content (AvgIpc) is 2.16. The van der Waals surface area contributed by atoms with Crippen LogP contribution in [0.15, 0.2) is 24.4 Å². The van der Waals surface area contributed by atoms with Crippen LogP contribution in [0.3, 0.4) is 0 Å². The van der Waals surface area contributed by atoms with Crippen LogP contribution >= 0.6 is 23.2 Å². The van der Waals surface area contributed by atoms with Gasteiger partial charge in [-0.1, -0.05) is 23.2 Å². The number of hydrogen-bond acceptors (Lipinski definition) is 1. The third kappa shape index (κ3) is 1.83. The highest BCUT2D eigenvalue weighted by atomic mass is 35.5. The zero-order valence-corrected chi connectivity index (χ0v) is 9.16. The number of halogens is 5. The number of nitrogens with zero attached hydrogens (tertiary/aromatic N) is 1. The van der Waals surface area contributed by atoms with Crippen molar-refractivity contribution >= 4 is 34.1 Å². The first-order valence-electron chi connectivity index (χ1n) is 4.21. The molecule has 0 amide bonds. The molecular weight excluding hydrogens is 262 g/mol. The van der Waals surface area contributed by atoms with Crippen molar-refractivity contribution in [2.75, 3.05) is 0 Å². The summed E-state index contributed by atoms with van der Waals surface area (Å²) < 4.78 is 38.0. The van der Waals surface area contributed by atoms with Crippen molar-refractivity contribution in [2.24, 2.45) is 0 Å². The average molecular weight is 266 g/mol. The first-order chi connectivity index (χ1) is 7.41. The SMILES string of the molecule is FC(F)(F)c1ccc(Cl)c2c(Cl)ccnc12. The molecule has 0 unspecified atom stereocenters. The highest BCUT2D eigenvalue weighted by Crippen LogP contribution is 2.38. The zero-order valence-electron chi connectivity index (χ0n) is 7.65. The van der Waals surface area contributed by atoms with Crippen LogP contribution in [-0.2, 0) is 6.18 Å². The Labute approximate surface area is 98.8 Å². The molecule has 0 N–H and O–H groups in total. The molecule has 1 aromatic heterocycles. The van der Waals surface area contributed by atoms with Crippen LogP contribution in [-0.4, -0.2) is 4.98 Å². The zero-order chi connectivity index (χ0) is 11.9. The van der Waals surface area contributed by atoms with E-state index >= 15 is 0 Å². The Morgan fingerprint density at radius 3 is 2.25 bits per heavy atom. The maximum Gasteiger partial charge on any atom is 0.418 e. The van der Waals surface area contributed by atoms with Crippen molar-refractivity contribution in [2.45, 2.75) is 6.18 Å². The minimum atomic E-state index is -4.47. The molecule has 0 spiro atoms. The first kappa shape index (κ1) is 11.5. The Bertz CT molecular complexity index is 543. The minimum Gasteiger partial charge on any atom is -0.255 e. The van der Waals surface area contributed by atoms with E-state index < -0.39 is 11.7 Å². The molecular formula is C10H4Cl2F3N. The van der Waals surface area contributed by atoms with Gasteiger partial charge in [0.15, 0.2) is 0 Å². The van der Waals surface area contributed by atoms with E-state index in [9.17, 15) is 13.2 Å². The second-order valence-corrected chi connectivity index (χ2v) is 3.92. The molecule has 0 saturated carbocycles. The van der Waals surface area contributed by atoms with E-state index in [2.05, 4.69) is 4.98 Å².